The van der Waals surface area contributed by atoms with E-state index in [0.29, 0.717) is 30.2 Å². The lowest BCUT2D eigenvalue weighted by Gasteiger charge is -2.16. The fraction of sp³-hybridized carbons (Fsp3) is 0.450. The molecule has 0 saturated carbocycles. The number of ether oxygens (including phenoxy) is 3. The average Bonchev–Trinajstić information content (AvgIpc) is 3.21. The normalized spacial score (nSPS) is 11.5. The number of aryl methyl sites for hydroxylation is 2. The molecule has 0 aliphatic rings. The van der Waals surface area contributed by atoms with Crippen LogP contribution in [-0.2, 0) is 22.5 Å². The van der Waals surface area contributed by atoms with E-state index in [2.05, 4.69) is 15.7 Å². The number of hydrogen-bond acceptors (Lipinski definition) is 7. The van der Waals surface area contributed by atoms with E-state index < -0.39 is 18.0 Å². The minimum atomic E-state index is -0.692. The van der Waals surface area contributed by atoms with Crippen LogP contribution in [0, 0.1) is 0 Å². The molecule has 1 aromatic heterocycles. The van der Waals surface area contributed by atoms with Crippen LogP contribution in [0.2, 0.25) is 0 Å². The third-order valence-corrected chi connectivity index (χ3v) is 5.01. The number of carbonyl (C=O) groups is 2. The first-order valence-electron chi connectivity index (χ1n) is 9.38. The van der Waals surface area contributed by atoms with Crippen molar-refractivity contribution in [2.24, 2.45) is 0 Å². The Bertz CT molecular complexity index is 842. The zero-order valence-corrected chi connectivity index (χ0v) is 18.5. The molecular weight excluding hydrogens is 408 g/mol. The number of hydrogen-bond donors (Lipinski definition) is 2. The number of amides is 2. The van der Waals surface area contributed by atoms with Gasteiger partial charge >= 0.3 is 12.0 Å². The monoisotopic (exact) mass is 436 g/mol. The third-order valence-electron chi connectivity index (χ3n) is 4.37. The number of methoxy groups -OCH3 is 3. The largest absolute Gasteiger partial charge is 0.493 e. The van der Waals surface area contributed by atoms with Gasteiger partial charge in [-0.1, -0.05) is 6.07 Å². The van der Waals surface area contributed by atoms with Gasteiger partial charge in [-0.3, -0.25) is 4.68 Å². The second kappa shape index (κ2) is 12.0. The molecule has 1 atom stereocenters. The molecule has 0 spiro atoms. The summed E-state index contributed by atoms with van der Waals surface area (Å²) in [7, 11) is 4.50. The van der Waals surface area contributed by atoms with Gasteiger partial charge in [0, 0.05) is 12.7 Å². The summed E-state index contributed by atoms with van der Waals surface area (Å²) in [6, 6.07) is 4.59. The van der Waals surface area contributed by atoms with Crippen LogP contribution in [0.5, 0.6) is 11.5 Å². The molecule has 0 radical (unpaired) electrons. The molecule has 1 aromatic carbocycles. The maximum atomic E-state index is 12.2. The van der Waals surface area contributed by atoms with Crippen molar-refractivity contribution in [3.8, 4) is 11.5 Å². The second-order valence-corrected chi connectivity index (χ2v) is 7.37. The SMILES string of the molecule is COC(=O)[C@H](CCSC)NC(=O)Nc1cnn(CCc2ccc(OC)c(OC)c2)c1. The zero-order chi connectivity index (χ0) is 21.9. The van der Waals surface area contributed by atoms with Crippen LogP contribution < -0.4 is 20.1 Å². The quantitative estimate of drug-likeness (QED) is 0.522. The fourth-order valence-electron chi connectivity index (χ4n) is 2.78. The standard InChI is InChI=1S/C20H28N4O5S/c1-27-17-6-5-14(11-18(17)28-2)7-9-24-13-15(12-21-24)22-20(26)23-16(8-10-30-4)19(25)29-3/h5-6,11-13,16H,7-10H2,1-4H3,(H2,22,23,26)/t16-/m0/s1. The van der Waals surface area contributed by atoms with Crippen molar-refractivity contribution in [1.29, 1.82) is 0 Å². The predicted molar refractivity (Wildman–Crippen MR) is 116 cm³/mol. The Morgan fingerprint density at radius 1 is 1.20 bits per heavy atom. The maximum absolute atomic E-state index is 12.2. The number of anilines is 1. The summed E-state index contributed by atoms with van der Waals surface area (Å²) in [4.78, 5) is 24.0. The molecule has 0 aliphatic carbocycles. The van der Waals surface area contributed by atoms with Gasteiger partial charge < -0.3 is 24.8 Å². The lowest BCUT2D eigenvalue weighted by Crippen LogP contribution is -2.43. The lowest BCUT2D eigenvalue weighted by atomic mass is 10.1. The van der Waals surface area contributed by atoms with E-state index in [1.165, 1.54) is 7.11 Å². The van der Waals surface area contributed by atoms with Crippen LogP contribution in [0.25, 0.3) is 0 Å². The van der Waals surface area contributed by atoms with Crippen molar-refractivity contribution < 1.29 is 23.8 Å². The van der Waals surface area contributed by atoms with E-state index in [-0.39, 0.29) is 0 Å². The second-order valence-electron chi connectivity index (χ2n) is 6.39. The highest BCUT2D eigenvalue weighted by molar-refractivity contribution is 7.98. The highest BCUT2D eigenvalue weighted by Gasteiger charge is 2.21. The summed E-state index contributed by atoms with van der Waals surface area (Å²) >= 11 is 1.59. The van der Waals surface area contributed by atoms with Crippen LogP contribution in [0.3, 0.4) is 0 Å². The third kappa shape index (κ3) is 6.87. The minimum Gasteiger partial charge on any atom is -0.493 e. The first-order valence-corrected chi connectivity index (χ1v) is 10.8. The number of rotatable bonds is 11. The Labute approximate surface area is 180 Å². The summed E-state index contributed by atoms with van der Waals surface area (Å²) in [5.74, 6) is 1.62. The number of benzene rings is 1. The summed E-state index contributed by atoms with van der Waals surface area (Å²) in [5, 5.41) is 9.60. The Kier molecular flexibility index (Phi) is 9.33. The molecule has 2 aromatic rings. The molecule has 9 nitrogen and oxygen atoms in total. The Balaban J connectivity index is 1.90. The number of aromatic nitrogens is 2. The van der Waals surface area contributed by atoms with E-state index in [0.717, 1.165) is 17.7 Å². The molecule has 30 heavy (non-hydrogen) atoms. The van der Waals surface area contributed by atoms with Gasteiger partial charge in [-0.05, 0) is 42.5 Å². The van der Waals surface area contributed by atoms with E-state index in [4.69, 9.17) is 14.2 Å². The number of thioether (sulfide) groups is 1. The smallest absolute Gasteiger partial charge is 0.328 e. The Morgan fingerprint density at radius 3 is 2.63 bits per heavy atom. The van der Waals surface area contributed by atoms with Gasteiger partial charge in [-0.25, -0.2) is 9.59 Å². The number of nitrogens with zero attached hydrogens (tertiary/aromatic N) is 2. The van der Waals surface area contributed by atoms with Crippen molar-refractivity contribution in [3.05, 3.63) is 36.2 Å². The van der Waals surface area contributed by atoms with Crippen LogP contribution in [0.4, 0.5) is 10.5 Å². The Morgan fingerprint density at radius 2 is 1.97 bits per heavy atom. The molecule has 10 heteroatoms. The van der Waals surface area contributed by atoms with Crippen molar-refractivity contribution in [2.75, 3.05) is 38.7 Å². The molecular formula is C20H28N4O5S. The first-order chi connectivity index (χ1) is 14.5. The average molecular weight is 437 g/mol. The van der Waals surface area contributed by atoms with Gasteiger partial charge in [-0.2, -0.15) is 16.9 Å². The first kappa shape index (κ1) is 23.4. The minimum absolute atomic E-state index is 0.468. The summed E-state index contributed by atoms with van der Waals surface area (Å²) in [5.41, 5.74) is 1.61. The van der Waals surface area contributed by atoms with E-state index in [1.807, 2.05) is 24.5 Å². The predicted octanol–water partition coefficient (Wildman–Crippen LogP) is 2.56. The summed E-state index contributed by atoms with van der Waals surface area (Å²) in [6.07, 6.45) is 6.45. The lowest BCUT2D eigenvalue weighted by molar-refractivity contribution is -0.142. The van der Waals surface area contributed by atoms with Crippen LogP contribution in [-0.4, -0.2) is 61.2 Å². The fourth-order valence-corrected chi connectivity index (χ4v) is 3.25. The highest BCUT2D eigenvalue weighted by atomic mass is 32.2. The molecule has 2 N–H and O–H groups in total. The summed E-state index contributed by atoms with van der Waals surface area (Å²) in [6.45, 7) is 0.622. The summed E-state index contributed by atoms with van der Waals surface area (Å²) < 4.78 is 17.0. The van der Waals surface area contributed by atoms with E-state index in [9.17, 15) is 9.59 Å². The van der Waals surface area contributed by atoms with Gasteiger partial charge in [-0.15, -0.1) is 0 Å². The molecule has 0 fully saturated rings. The maximum Gasteiger partial charge on any atom is 0.328 e. The molecule has 0 bridgehead atoms. The number of nitrogens with one attached hydrogen (secondary N) is 2. The molecule has 1 heterocycles. The van der Waals surface area contributed by atoms with Gasteiger partial charge in [0.15, 0.2) is 11.5 Å². The van der Waals surface area contributed by atoms with Crippen molar-refractivity contribution in [2.45, 2.75) is 25.4 Å². The molecule has 0 saturated heterocycles. The topological polar surface area (TPSA) is 104 Å². The highest BCUT2D eigenvalue weighted by Crippen LogP contribution is 2.27. The van der Waals surface area contributed by atoms with Gasteiger partial charge in [0.05, 0.1) is 33.2 Å². The van der Waals surface area contributed by atoms with Crippen LogP contribution in [0.1, 0.15) is 12.0 Å². The van der Waals surface area contributed by atoms with Gasteiger partial charge in [0.25, 0.3) is 0 Å². The number of esters is 1. The van der Waals surface area contributed by atoms with Crippen molar-refractivity contribution >= 4 is 29.4 Å². The molecule has 2 amide bonds. The van der Waals surface area contributed by atoms with E-state index >= 15 is 0 Å². The number of carbonyl (C=O) groups excluding carboxylic acids is 2. The van der Waals surface area contributed by atoms with Gasteiger partial charge in [0.1, 0.15) is 6.04 Å². The molecule has 0 aliphatic heterocycles. The number of urea groups is 1. The van der Waals surface area contributed by atoms with Crippen LogP contribution >= 0.6 is 11.8 Å². The van der Waals surface area contributed by atoms with E-state index in [1.54, 1.807) is 43.1 Å². The van der Waals surface area contributed by atoms with Gasteiger partial charge in [0.2, 0.25) is 0 Å². The zero-order valence-electron chi connectivity index (χ0n) is 17.6. The van der Waals surface area contributed by atoms with Crippen molar-refractivity contribution in [1.82, 2.24) is 15.1 Å². The molecule has 164 valence electrons. The molecule has 0 unspecified atom stereocenters. The Hall–Kier alpha value is -2.88. The molecule has 2 rings (SSSR count). The van der Waals surface area contributed by atoms with Crippen molar-refractivity contribution in [3.63, 3.8) is 0 Å². The van der Waals surface area contributed by atoms with Crippen LogP contribution in [0.15, 0.2) is 30.6 Å².